The molecule has 3 heterocycles. The molecule has 0 spiro atoms. The number of rotatable bonds is 7. The molecule has 1 aliphatic heterocycles. The number of aldehydes is 1. The summed E-state index contributed by atoms with van der Waals surface area (Å²) in [5.41, 5.74) is -2.85. The molecule has 0 bridgehead atoms. The summed E-state index contributed by atoms with van der Waals surface area (Å²) in [6.45, 7) is 1.23. The Morgan fingerprint density at radius 2 is 1.86 bits per heavy atom. The number of amides is 1. The number of imidazole rings is 1. The summed E-state index contributed by atoms with van der Waals surface area (Å²) >= 11 is 6.07. The quantitative estimate of drug-likeness (QED) is 0.447. The van der Waals surface area contributed by atoms with Crippen LogP contribution in [-0.2, 0) is 27.8 Å². The number of nitrogens with one attached hydrogen (secondary N) is 1. The summed E-state index contributed by atoms with van der Waals surface area (Å²) in [4.78, 5) is 28.7. The topological polar surface area (TPSA) is 116 Å². The molecule has 15 heteroatoms. The fourth-order valence-corrected chi connectivity index (χ4v) is 4.83. The van der Waals surface area contributed by atoms with Crippen molar-refractivity contribution in [3.05, 3.63) is 64.6 Å². The van der Waals surface area contributed by atoms with Gasteiger partial charge in [-0.1, -0.05) is 30.7 Å². The van der Waals surface area contributed by atoms with Crippen molar-refractivity contribution in [1.29, 1.82) is 0 Å². The third-order valence-corrected chi connectivity index (χ3v) is 7.33. The van der Waals surface area contributed by atoms with Crippen molar-refractivity contribution in [2.75, 3.05) is 18.1 Å². The Morgan fingerprint density at radius 3 is 2.49 bits per heavy atom. The van der Waals surface area contributed by atoms with Gasteiger partial charge in [-0.3, -0.25) is 19.0 Å². The van der Waals surface area contributed by atoms with Crippen molar-refractivity contribution in [1.82, 2.24) is 19.0 Å². The molecule has 196 valence electrons. The lowest BCUT2D eigenvalue weighted by Gasteiger charge is -2.32. The normalized spacial score (nSPS) is 14.6. The number of alkyl halides is 3. The van der Waals surface area contributed by atoms with Gasteiger partial charge in [0.2, 0.25) is 5.84 Å². The molecule has 1 N–H and O–H groups in total. The maximum atomic E-state index is 12.9. The number of aryl methyl sites for hydroxylation is 1. The molecule has 10 nitrogen and oxygen atoms in total. The van der Waals surface area contributed by atoms with Crippen LogP contribution >= 0.6 is 11.6 Å². The maximum absolute atomic E-state index is 12.9. The number of amidine groups is 1. The van der Waals surface area contributed by atoms with Crippen molar-refractivity contribution < 1.29 is 31.2 Å². The van der Waals surface area contributed by atoms with Gasteiger partial charge in [-0.15, -0.1) is 0 Å². The van der Waals surface area contributed by atoms with Gasteiger partial charge >= 0.3 is 15.5 Å². The summed E-state index contributed by atoms with van der Waals surface area (Å²) in [7, 11) is -5.74. The fourth-order valence-electron chi connectivity index (χ4n) is 3.77. The minimum Gasteiger partial charge on any atom is -0.347 e. The zero-order valence-corrected chi connectivity index (χ0v) is 20.8. The van der Waals surface area contributed by atoms with Gasteiger partial charge < -0.3 is 5.32 Å². The van der Waals surface area contributed by atoms with Gasteiger partial charge in [0.1, 0.15) is 11.3 Å². The Bertz CT molecular complexity index is 1490. The Hall–Kier alpha value is -3.65. The van der Waals surface area contributed by atoms with Crippen molar-refractivity contribution in [2.45, 2.75) is 25.4 Å². The molecule has 4 rings (SSSR count). The van der Waals surface area contributed by atoms with Gasteiger partial charge in [-0.2, -0.15) is 26.7 Å². The molecule has 1 aromatic carbocycles. The second kappa shape index (κ2) is 10.0. The number of sulfonamides is 1. The molecular weight excluding hydrogens is 537 g/mol. The van der Waals surface area contributed by atoms with Crippen LogP contribution in [-0.4, -0.2) is 58.7 Å². The van der Waals surface area contributed by atoms with E-state index >= 15 is 0 Å². The van der Waals surface area contributed by atoms with Crippen LogP contribution in [0.25, 0.3) is 5.65 Å². The largest absolute Gasteiger partial charge is 0.516 e. The number of nitrogens with zero attached hydrogens (tertiary/aromatic N) is 5. The third kappa shape index (κ3) is 5.11. The van der Waals surface area contributed by atoms with Crippen LogP contribution in [0.15, 0.2) is 47.7 Å². The fraction of sp³-hybridized carbons (Fsp3) is 0.273. The van der Waals surface area contributed by atoms with Gasteiger partial charge in [0.05, 0.1) is 29.5 Å². The Balaban J connectivity index is 1.47. The number of halogens is 4. The third-order valence-electron chi connectivity index (χ3n) is 5.57. The zero-order valence-electron chi connectivity index (χ0n) is 19.2. The van der Waals surface area contributed by atoms with Crippen LogP contribution < -0.4 is 10.3 Å². The molecule has 0 radical (unpaired) electrons. The number of anilines is 1. The number of hydrogen-bond donors (Lipinski definition) is 1. The van der Waals surface area contributed by atoms with Gasteiger partial charge in [-0.05, 0) is 36.2 Å². The number of hydrazone groups is 1. The molecule has 3 aromatic rings. The average molecular weight is 557 g/mol. The lowest BCUT2D eigenvalue weighted by atomic mass is 10.2. The average Bonchev–Trinajstić information content (AvgIpc) is 3.24. The van der Waals surface area contributed by atoms with Crippen molar-refractivity contribution in [2.24, 2.45) is 5.10 Å². The van der Waals surface area contributed by atoms with Crippen LogP contribution in [0.2, 0.25) is 5.02 Å². The van der Waals surface area contributed by atoms with Gasteiger partial charge in [0, 0.05) is 12.7 Å². The molecule has 0 fully saturated rings. The van der Waals surface area contributed by atoms with Crippen LogP contribution in [0.5, 0.6) is 0 Å². The van der Waals surface area contributed by atoms with Crippen molar-refractivity contribution in [3.8, 4) is 0 Å². The van der Waals surface area contributed by atoms with E-state index in [1.54, 1.807) is 47.0 Å². The molecule has 0 atom stereocenters. The van der Waals surface area contributed by atoms with Gasteiger partial charge in [0.15, 0.2) is 6.29 Å². The standard InChI is InChI=1S/C22H20ClF3N6O4S/c1-2-17-20(30-12-15(23)5-8-18(30)28-17)21(34)27-11-14-3-6-16(7-4-14)31-9-10-32(19(13-33)29-31)37(35,36)22(24,25)26/h3-8,12-13H,2,9-11H2,1H3,(H,27,34). The highest BCUT2D eigenvalue weighted by Crippen LogP contribution is 2.29. The van der Waals surface area contributed by atoms with E-state index in [-0.39, 0.29) is 29.6 Å². The minimum absolute atomic E-state index is 0.0444. The first kappa shape index (κ1) is 26.4. The summed E-state index contributed by atoms with van der Waals surface area (Å²) in [5.74, 6) is -1.22. The predicted octanol–water partition coefficient (Wildman–Crippen LogP) is 2.96. The first-order valence-electron chi connectivity index (χ1n) is 10.9. The first-order valence-corrected chi connectivity index (χ1v) is 12.7. The van der Waals surface area contributed by atoms with Crippen LogP contribution in [0.4, 0.5) is 18.9 Å². The van der Waals surface area contributed by atoms with E-state index in [1.807, 2.05) is 6.92 Å². The molecule has 0 saturated carbocycles. The molecule has 0 aliphatic carbocycles. The molecule has 37 heavy (non-hydrogen) atoms. The molecule has 1 amide bonds. The van der Waals surface area contributed by atoms with Crippen LogP contribution in [0.1, 0.15) is 28.7 Å². The van der Waals surface area contributed by atoms with Crippen LogP contribution in [0.3, 0.4) is 0 Å². The predicted molar refractivity (Wildman–Crippen MR) is 130 cm³/mol. The number of pyridine rings is 1. The van der Waals surface area contributed by atoms with E-state index in [4.69, 9.17) is 11.6 Å². The number of carbonyl (C=O) groups excluding carboxylic acids is 2. The van der Waals surface area contributed by atoms with E-state index in [9.17, 15) is 31.2 Å². The summed E-state index contributed by atoms with van der Waals surface area (Å²) in [6.07, 6.45) is 2.11. The van der Waals surface area contributed by atoms with Gasteiger partial charge in [0.25, 0.3) is 5.91 Å². The Labute approximate surface area is 214 Å². The van der Waals surface area contributed by atoms with E-state index in [0.717, 1.165) is 0 Å². The van der Waals surface area contributed by atoms with E-state index in [0.29, 0.717) is 39.7 Å². The second-order valence-corrected chi connectivity index (χ2v) is 10.2. The van der Waals surface area contributed by atoms with Gasteiger partial charge in [-0.25, -0.2) is 9.29 Å². The molecular formula is C22H20ClF3N6O4S. The number of aromatic nitrogens is 2. The monoisotopic (exact) mass is 556 g/mol. The highest BCUT2D eigenvalue weighted by atomic mass is 35.5. The maximum Gasteiger partial charge on any atom is 0.516 e. The molecule has 1 aliphatic rings. The number of carbonyl (C=O) groups is 2. The summed E-state index contributed by atoms with van der Waals surface area (Å²) in [5, 5.41) is 8.27. The van der Waals surface area contributed by atoms with E-state index < -0.39 is 27.9 Å². The first-order chi connectivity index (χ1) is 17.5. The lowest BCUT2D eigenvalue weighted by molar-refractivity contribution is -0.103. The van der Waals surface area contributed by atoms with E-state index in [1.165, 1.54) is 5.01 Å². The van der Waals surface area contributed by atoms with Crippen molar-refractivity contribution >= 4 is 51.0 Å². The zero-order chi connectivity index (χ0) is 27.0. The second-order valence-electron chi connectivity index (χ2n) is 7.91. The number of fused-ring (bicyclic) bond motifs is 1. The van der Waals surface area contributed by atoms with Crippen molar-refractivity contribution in [3.63, 3.8) is 0 Å². The SMILES string of the molecule is CCc1nc2ccc(Cl)cn2c1C(=O)NCc1ccc(N2CCN(S(=O)(=O)C(F)(F)F)C(C=O)=N2)cc1. The summed E-state index contributed by atoms with van der Waals surface area (Å²) in [6, 6.07) is 9.91. The number of hydrogen-bond acceptors (Lipinski definition) is 7. The Kier molecular flexibility index (Phi) is 7.15. The smallest absolute Gasteiger partial charge is 0.347 e. The van der Waals surface area contributed by atoms with Crippen LogP contribution in [0, 0.1) is 0 Å². The number of benzene rings is 1. The highest BCUT2D eigenvalue weighted by molar-refractivity contribution is 7.90. The van der Waals surface area contributed by atoms with E-state index in [2.05, 4.69) is 15.4 Å². The minimum atomic E-state index is -5.74. The molecule has 0 unspecified atom stereocenters. The summed E-state index contributed by atoms with van der Waals surface area (Å²) < 4.78 is 63.7. The highest BCUT2D eigenvalue weighted by Gasteiger charge is 2.52. The Morgan fingerprint density at radius 1 is 1.16 bits per heavy atom. The molecule has 2 aromatic heterocycles. The molecule has 0 saturated heterocycles. The lowest BCUT2D eigenvalue weighted by Crippen LogP contribution is -2.51.